The number of amides is 1. The number of para-hydroxylation sites is 1. The third kappa shape index (κ3) is 2.69. The number of hydrogen-bond acceptors (Lipinski definition) is 5. The Kier molecular flexibility index (Phi) is 3.95. The molecule has 0 unspecified atom stereocenters. The number of halogens is 1. The molecule has 0 bridgehead atoms. The fraction of sp³-hybridized carbons (Fsp3) is 0.0909. The van der Waals surface area contributed by atoms with E-state index in [1.165, 1.54) is 11.3 Å². The molecule has 1 amide bonds. The number of anilines is 1. The number of aromatic nitrogens is 1. The average molecular weight is 328 g/mol. The minimum atomic E-state index is -0.376. The second-order valence-corrected chi connectivity index (χ2v) is 5.22. The molecule has 0 saturated heterocycles. The van der Waals surface area contributed by atoms with Gasteiger partial charge in [0.2, 0.25) is 0 Å². The fourth-order valence-corrected chi connectivity index (χ4v) is 2.33. The first-order valence-electron chi connectivity index (χ1n) is 5.05. The number of carbonyl (C=O) groups excluding carboxylic acids is 1. The highest BCUT2D eigenvalue weighted by atomic mass is 79.9. The van der Waals surface area contributed by atoms with Crippen molar-refractivity contribution in [1.82, 2.24) is 4.98 Å². The predicted molar refractivity (Wildman–Crippen MR) is 73.8 cm³/mol. The van der Waals surface area contributed by atoms with E-state index in [0.717, 1.165) is 0 Å². The van der Waals surface area contributed by atoms with Gasteiger partial charge in [0.05, 0.1) is 10.2 Å². The maximum atomic E-state index is 11.9. The number of phenols is 1. The smallest absolute Gasteiger partial charge is 0.275 e. The molecular weight excluding hydrogens is 318 g/mol. The SMILES string of the molecule is NCc1nc(C(=O)Nc2cccc(Br)c2O)cs1. The fourth-order valence-electron chi connectivity index (χ4n) is 1.31. The zero-order valence-corrected chi connectivity index (χ0v) is 11.6. The molecule has 2 aromatic rings. The molecule has 0 spiro atoms. The van der Waals surface area contributed by atoms with E-state index in [-0.39, 0.29) is 11.7 Å². The van der Waals surface area contributed by atoms with Crippen molar-refractivity contribution in [3.63, 3.8) is 0 Å². The van der Waals surface area contributed by atoms with E-state index in [0.29, 0.717) is 27.4 Å². The minimum Gasteiger partial charge on any atom is -0.505 e. The van der Waals surface area contributed by atoms with Crippen LogP contribution in [0, 0.1) is 0 Å². The lowest BCUT2D eigenvalue weighted by atomic mass is 10.3. The first-order valence-corrected chi connectivity index (χ1v) is 6.72. The van der Waals surface area contributed by atoms with E-state index in [2.05, 4.69) is 26.2 Å². The Morgan fingerprint density at radius 1 is 1.56 bits per heavy atom. The number of nitrogens with one attached hydrogen (secondary N) is 1. The molecule has 1 aromatic heterocycles. The van der Waals surface area contributed by atoms with E-state index in [9.17, 15) is 9.90 Å². The van der Waals surface area contributed by atoms with Gasteiger partial charge in [0.25, 0.3) is 5.91 Å². The van der Waals surface area contributed by atoms with Crippen LogP contribution in [0.5, 0.6) is 5.75 Å². The van der Waals surface area contributed by atoms with Crippen LogP contribution in [-0.4, -0.2) is 16.0 Å². The van der Waals surface area contributed by atoms with Crippen molar-refractivity contribution in [2.45, 2.75) is 6.54 Å². The summed E-state index contributed by atoms with van der Waals surface area (Å²) in [6.45, 7) is 0.306. The predicted octanol–water partition coefficient (Wildman–Crippen LogP) is 2.32. The maximum Gasteiger partial charge on any atom is 0.275 e. The molecular formula is C11H10BrN3O2S. The molecule has 1 heterocycles. The standard InChI is InChI=1S/C11H10BrN3O2S/c12-6-2-1-3-7(10(6)16)15-11(17)8-5-18-9(4-13)14-8/h1-3,5,16H,4,13H2,(H,15,17). The largest absolute Gasteiger partial charge is 0.505 e. The Morgan fingerprint density at radius 3 is 3.00 bits per heavy atom. The van der Waals surface area contributed by atoms with Gasteiger partial charge in [-0.1, -0.05) is 6.07 Å². The van der Waals surface area contributed by atoms with Gasteiger partial charge in [0, 0.05) is 11.9 Å². The third-order valence-corrected chi connectivity index (χ3v) is 3.71. The highest BCUT2D eigenvalue weighted by molar-refractivity contribution is 9.10. The van der Waals surface area contributed by atoms with Crippen LogP contribution in [0.25, 0.3) is 0 Å². The van der Waals surface area contributed by atoms with Gasteiger partial charge in [0.15, 0.2) is 5.75 Å². The molecule has 0 atom stereocenters. The average Bonchev–Trinajstić information content (AvgIpc) is 2.83. The molecule has 7 heteroatoms. The first kappa shape index (κ1) is 13.0. The molecule has 0 fully saturated rings. The first-order chi connectivity index (χ1) is 8.61. The van der Waals surface area contributed by atoms with Crippen LogP contribution >= 0.6 is 27.3 Å². The second-order valence-electron chi connectivity index (χ2n) is 3.42. The van der Waals surface area contributed by atoms with Crippen molar-refractivity contribution >= 4 is 38.9 Å². The number of phenolic OH excluding ortho intramolecular Hbond substituents is 1. The number of nitrogens with two attached hydrogens (primary N) is 1. The highest BCUT2D eigenvalue weighted by Gasteiger charge is 2.13. The Morgan fingerprint density at radius 2 is 2.33 bits per heavy atom. The van der Waals surface area contributed by atoms with Gasteiger partial charge >= 0.3 is 0 Å². The summed E-state index contributed by atoms with van der Waals surface area (Å²) in [6, 6.07) is 5.00. The molecule has 18 heavy (non-hydrogen) atoms. The number of carbonyl (C=O) groups is 1. The van der Waals surface area contributed by atoms with Crippen LogP contribution in [0.15, 0.2) is 28.1 Å². The van der Waals surface area contributed by atoms with Gasteiger partial charge in [-0.25, -0.2) is 4.98 Å². The van der Waals surface area contributed by atoms with Crippen LogP contribution in [0.2, 0.25) is 0 Å². The van der Waals surface area contributed by atoms with Crippen LogP contribution in [0.1, 0.15) is 15.5 Å². The van der Waals surface area contributed by atoms with E-state index >= 15 is 0 Å². The molecule has 0 saturated carbocycles. The molecule has 4 N–H and O–H groups in total. The lowest BCUT2D eigenvalue weighted by molar-refractivity contribution is 0.102. The van der Waals surface area contributed by atoms with Crippen LogP contribution in [0.4, 0.5) is 5.69 Å². The van der Waals surface area contributed by atoms with E-state index in [4.69, 9.17) is 5.73 Å². The van der Waals surface area contributed by atoms with Crippen molar-refractivity contribution in [2.75, 3.05) is 5.32 Å². The summed E-state index contributed by atoms with van der Waals surface area (Å²) in [6.07, 6.45) is 0. The third-order valence-electron chi connectivity index (χ3n) is 2.19. The van der Waals surface area contributed by atoms with Gasteiger partial charge in [-0.15, -0.1) is 11.3 Å². The molecule has 0 aliphatic rings. The van der Waals surface area contributed by atoms with Crippen molar-refractivity contribution in [3.05, 3.63) is 38.8 Å². The second kappa shape index (κ2) is 5.47. The Hall–Kier alpha value is -1.44. The van der Waals surface area contributed by atoms with Gasteiger partial charge in [-0.3, -0.25) is 4.79 Å². The number of aromatic hydroxyl groups is 1. The molecule has 94 valence electrons. The highest BCUT2D eigenvalue weighted by Crippen LogP contribution is 2.31. The number of rotatable bonds is 3. The van der Waals surface area contributed by atoms with Gasteiger partial charge in [-0.05, 0) is 28.1 Å². The Bertz CT molecular complexity index is 585. The topological polar surface area (TPSA) is 88.2 Å². The summed E-state index contributed by atoms with van der Waals surface area (Å²) in [4.78, 5) is 15.9. The normalized spacial score (nSPS) is 10.3. The quantitative estimate of drug-likeness (QED) is 0.755. The summed E-state index contributed by atoms with van der Waals surface area (Å²) in [5.74, 6) is -0.389. The zero-order valence-electron chi connectivity index (χ0n) is 9.18. The lowest BCUT2D eigenvalue weighted by Crippen LogP contribution is -2.12. The number of benzene rings is 1. The molecule has 1 aromatic carbocycles. The molecule has 0 radical (unpaired) electrons. The number of hydrogen-bond donors (Lipinski definition) is 3. The van der Waals surface area contributed by atoms with Crippen molar-refractivity contribution < 1.29 is 9.90 Å². The van der Waals surface area contributed by atoms with Gasteiger partial charge in [-0.2, -0.15) is 0 Å². The lowest BCUT2D eigenvalue weighted by Gasteiger charge is -2.06. The van der Waals surface area contributed by atoms with Crippen LogP contribution in [-0.2, 0) is 6.54 Å². The number of thiazole rings is 1. The molecule has 5 nitrogen and oxygen atoms in total. The number of nitrogens with zero attached hydrogens (tertiary/aromatic N) is 1. The summed E-state index contributed by atoms with van der Waals surface area (Å²) in [5, 5.41) is 14.7. The maximum absolute atomic E-state index is 11.9. The Balaban J connectivity index is 2.18. The molecule has 0 aliphatic carbocycles. The van der Waals surface area contributed by atoms with Crippen molar-refractivity contribution in [1.29, 1.82) is 0 Å². The Labute approximate surface area is 116 Å². The van der Waals surface area contributed by atoms with E-state index < -0.39 is 0 Å². The monoisotopic (exact) mass is 327 g/mol. The summed E-state index contributed by atoms with van der Waals surface area (Å²) < 4.78 is 0.515. The van der Waals surface area contributed by atoms with Crippen molar-refractivity contribution in [3.8, 4) is 5.75 Å². The zero-order chi connectivity index (χ0) is 13.1. The van der Waals surface area contributed by atoms with Crippen molar-refractivity contribution in [2.24, 2.45) is 5.73 Å². The van der Waals surface area contributed by atoms with Crippen LogP contribution < -0.4 is 11.1 Å². The van der Waals surface area contributed by atoms with E-state index in [1.807, 2.05) is 0 Å². The van der Waals surface area contributed by atoms with Gasteiger partial charge < -0.3 is 16.2 Å². The van der Waals surface area contributed by atoms with E-state index in [1.54, 1.807) is 23.6 Å². The summed E-state index contributed by atoms with van der Waals surface area (Å²) in [7, 11) is 0. The summed E-state index contributed by atoms with van der Waals surface area (Å²) in [5.41, 5.74) is 6.05. The minimum absolute atomic E-state index is 0.0138. The molecule has 0 aliphatic heterocycles. The van der Waals surface area contributed by atoms with Crippen LogP contribution in [0.3, 0.4) is 0 Å². The summed E-state index contributed by atoms with van der Waals surface area (Å²) >= 11 is 4.50. The molecule has 2 rings (SSSR count). The van der Waals surface area contributed by atoms with Gasteiger partial charge in [0.1, 0.15) is 10.7 Å².